The lowest BCUT2D eigenvalue weighted by Crippen LogP contribution is -2.22. The highest BCUT2D eigenvalue weighted by atomic mass is 16.6. The maximum absolute atomic E-state index is 10.4. The number of nitro benzene ring substituents is 3. The molecule has 0 unspecified atom stereocenters. The monoisotopic (exact) mass is 497 g/mol. The number of anilines is 2. The highest BCUT2D eigenvalue weighted by molar-refractivity contribution is 5.64. The van der Waals surface area contributed by atoms with Crippen LogP contribution in [0.15, 0.2) is 72.8 Å². The number of hydrogen-bond acceptors (Lipinski definition) is 9. The quantitative estimate of drug-likeness (QED) is 0.227. The summed E-state index contributed by atoms with van der Waals surface area (Å²) in [5.74, 6) is -1.21. The van der Waals surface area contributed by atoms with Gasteiger partial charge in [-0.3, -0.25) is 30.3 Å². The second-order valence-corrected chi connectivity index (χ2v) is 7.83. The van der Waals surface area contributed by atoms with Crippen LogP contribution in [0, 0.1) is 30.3 Å². The molecule has 12 heteroatoms. The van der Waals surface area contributed by atoms with E-state index in [1.54, 1.807) is 0 Å². The third kappa shape index (κ3) is 7.94. The smallest absolute Gasteiger partial charge is 0.324 e. The van der Waals surface area contributed by atoms with Crippen LogP contribution in [-0.2, 0) is 0 Å². The zero-order valence-corrected chi connectivity index (χ0v) is 19.9. The van der Waals surface area contributed by atoms with Gasteiger partial charge in [-0.25, -0.2) is 0 Å². The molecule has 0 radical (unpaired) electrons. The highest BCUT2D eigenvalue weighted by Crippen LogP contribution is 2.38. The third-order valence-corrected chi connectivity index (χ3v) is 5.29. The van der Waals surface area contributed by atoms with Gasteiger partial charge in [-0.1, -0.05) is 36.4 Å². The molecular formula is C24H27N5O7. The molecule has 12 nitrogen and oxygen atoms in total. The molecular weight excluding hydrogens is 470 g/mol. The Morgan fingerprint density at radius 3 is 1.33 bits per heavy atom. The number of benzene rings is 3. The van der Waals surface area contributed by atoms with Crippen molar-refractivity contribution in [2.75, 3.05) is 37.0 Å². The van der Waals surface area contributed by atoms with E-state index in [1.165, 1.54) is 24.2 Å². The largest absolute Gasteiger partial charge is 0.497 e. The summed E-state index contributed by atoms with van der Waals surface area (Å²) in [6.45, 7) is 2.21. The Hall–Kier alpha value is -4.74. The predicted molar refractivity (Wildman–Crippen MR) is 137 cm³/mol. The molecule has 0 spiro atoms. The number of non-ortho nitro benzene ring substituents is 1. The molecule has 3 aromatic carbocycles. The Morgan fingerprint density at radius 2 is 1.03 bits per heavy atom. The van der Waals surface area contributed by atoms with Gasteiger partial charge in [-0.15, -0.1) is 0 Å². The van der Waals surface area contributed by atoms with E-state index in [4.69, 9.17) is 5.11 Å². The number of hydrogen-bond donors (Lipinski definition) is 1. The number of phenolic OH excluding ortho intramolecular Hbond substituents is 1. The second-order valence-electron chi connectivity index (χ2n) is 7.83. The van der Waals surface area contributed by atoms with Crippen molar-refractivity contribution in [2.45, 2.75) is 12.8 Å². The van der Waals surface area contributed by atoms with E-state index in [0.29, 0.717) is 12.1 Å². The van der Waals surface area contributed by atoms with Gasteiger partial charge in [0.1, 0.15) is 0 Å². The molecule has 0 saturated carbocycles. The van der Waals surface area contributed by atoms with E-state index in [0.717, 1.165) is 13.1 Å². The van der Waals surface area contributed by atoms with Crippen molar-refractivity contribution in [3.63, 3.8) is 0 Å². The number of para-hydroxylation sites is 2. The third-order valence-electron chi connectivity index (χ3n) is 5.29. The van der Waals surface area contributed by atoms with Gasteiger partial charge in [0.05, 0.1) is 26.9 Å². The first kappa shape index (κ1) is 27.5. The first-order chi connectivity index (χ1) is 17.1. The van der Waals surface area contributed by atoms with Crippen LogP contribution in [0.4, 0.5) is 28.4 Å². The zero-order valence-electron chi connectivity index (χ0n) is 19.9. The fourth-order valence-electron chi connectivity index (χ4n) is 3.29. The normalized spacial score (nSPS) is 10.1. The van der Waals surface area contributed by atoms with E-state index in [-0.39, 0.29) is 0 Å². The lowest BCUT2D eigenvalue weighted by Gasteiger charge is -2.22. The number of nitrogens with zero attached hydrogens (tertiary/aromatic N) is 5. The molecule has 36 heavy (non-hydrogen) atoms. The average Bonchev–Trinajstić information content (AvgIpc) is 2.87. The van der Waals surface area contributed by atoms with Crippen molar-refractivity contribution in [3.8, 4) is 5.75 Å². The van der Waals surface area contributed by atoms with E-state index < -0.39 is 37.6 Å². The predicted octanol–water partition coefficient (Wildman–Crippen LogP) is 5.16. The van der Waals surface area contributed by atoms with Gasteiger partial charge in [0.25, 0.3) is 11.4 Å². The topological polar surface area (TPSA) is 156 Å². The molecule has 1 N–H and O–H groups in total. The number of rotatable bonds is 10. The van der Waals surface area contributed by atoms with Gasteiger partial charge in [0.15, 0.2) is 0 Å². The van der Waals surface area contributed by atoms with Crippen molar-refractivity contribution in [1.29, 1.82) is 0 Å². The van der Waals surface area contributed by atoms with Crippen LogP contribution in [0.5, 0.6) is 5.75 Å². The summed E-state index contributed by atoms with van der Waals surface area (Å²) in [6, 6.07) is 22.0. The van der Waals surface area contributed by atoms with Crippen molar-refractivity contribution >= 4 is 28.4 Å². The zero-order chi connectivity index (χ0) is 26.7. The maximum atomic E-state index is 10.4. The Balaban J connectivity index is 0.000000261. The maximum Gasteiger partial charge on any atom is 0.324 e. The van der Waals surface area contributed by atoms with Crippen molar-refractivity contribution < 1.29 is 19.9 Å². The van der Waals surface area contributed by atoms with Gasteiger partial charge in [0, 0.05) is 38.6 Å². The van der Waals surface area contributed by atoms with Gasteiger partial charge in [-0.05, 0) is 37.1 Å². The summed E-state index contributed by atoms with van der Waals surface area (Å²) in [6.07, 6.45) is 2.42. The first-order valence-corrected chi connectivity index (χ1v) is 10.9. The van der Waals surface area contributed by atoms with Crippen LogP contribution >= 0.6 is 0 Å². The fraction of sp³-hybridized carbons (Fsp3) is 0.250. The summed E-state index contributed by atoms with van der Waals surface area (Å²) in [5, 5.41) is 40.2. The molecule has 0 aliphatic rings. The Bertz CT molecular complexity index is 1090. The lowest BCUT2D eigenvalue weighted by atomic mass is 10.2. The minimum atomic E-state index is -1.21. The molecule has 0 aromatic heterocycles. The Morgan fingerprint density at radius 1 is 0.667 bits per heavy atom. The van der Waals surface area contributed by atoms with Gasteiger partial charge >= 0.3 is 11.4 Å². The highest BCUT2D eigenvalue weighted by Gasteiger charge is 2.30. The first-order valence-electron chi connectivity index (χ1n) is 10.9. The lowest BCUT2D eigenvalue weighted by molar-refractivity contribution is -0.404. The SMILES string of the molecule is CN(CCCCN(C)c1ccccc1)c1ccccc1.O=[N+]([O-])c1cc([N+](=O)[O-])c(O)c([N+](=O)[O-])c1. The molecule has 190 valence electrons. The van der Waals surface area contributed by atoms with E-state index >= 15 is 0 Å². The van der Waals surface area contributed by atoms with Crippen LogP contribution in [0.3, 0.4) is 0 Å². The second kappa shape index (κ2) is 13.2. The molecule has 3 aromatic rings. The van der Waals surface area contributed by atoms with Gasteiger partial charge < -0.3 is 14.9 Å². The fourth-order valence-corrected chi connectivity index (χ4v) is 3.29. The number of unbranched alkanes of at least 4 members (excludes halogenated alkanes) is 1. The molecule has 0 atom stereocenters. The van der Waals surface area contributed by atoms with E-state index in [9.17, 15) is 30.3 Å². The van der Waals surface area contributed by atoms with Crippen molar-refractivity contribution in [1.82, 2.24) is 0 Å². The van der Waals surface area contributed by atoms with Crippen LogP contribution in [-0.4, -0.2) is 47.1 Å². The summed E-state index contributed by atoms with van der Waals surface area (Å²) in [7, 11) is 4.33. The summed E-state index contributed by atoms with van der Waals surface area (Å²) >= 11 is 0. The average molecular weight is 498 g/mol. The molecule has 0 heterocycles. The Labute approximate surface area is 207 Å². The number of aromatic hydroxyl groups is 1. The van der Waals surface area contributed by atoms with Gasteiger partial charge in [-0.2, -0.15) is 0 Å². The van der Waals surface area contributed by atoms with Crippen LogP contribution in [0.2, 0.25) is 0 Å². The van der Waals surface area contributed by atoms with E-state index in [1.807, 2.05) is 0 Å². The molecule has 0 fully saturated rings. The van der Waals surface area contributed by atoms with Crippen LogP contribution < -0.4 is 9.80 Å². The molecule has 0 bridgehead atoms. The van der Waals surface area contributed by atoms with Crippen molar-refractivity contribution in [3.05, 3.63) is 103 Å². The minimum absolute atomic E-state index is 0.447. The molecule has 3 rings (SSSR count). The van der Waals surface area contributed by atoms with Gasteiger partial charge in [0.2, 0.25) is 0 Å². The Kier molecular flexibility index (Phi) is 10.1. The minimum Gasteiger partial charge on any atom is -0.497 e. The van der Waals surface area contributed by atoms with Crippen molar-refractivity contribution in [2.24, 2.45) is 0 Å². The standard InChI is InChI=1S/C18H24N2.C6H3N3O7/c1-19(17-11-5-3-6-12-17)15-9-10-16-20(2)18-13-7-4-8-14-18;10-6-4(8(13)14)1-3(7(11)12)2-5(6)9(15)16/h3-8,11-14H,9-10,15-16H2,1-2H3;1-2,10H. The molecule has 0 aliphatic heterocycles. The number of phenols is 1. The summed E-state index contributed by atoms with van der Waals surface area (Å²) in [4.78, 5) is 32.4. The summed E-state index contributed by atoms with van der Waals surface area (Å²) < 4.78 is 0. The molecule has 0 aliphatic carbocycles. The van der Waals surface area contributed by atoms with Crippen LogP contribution in [0.1, 0.15) is 12.8 Å². The molecule has 0 amide bonds. The summed E-state index contributed by atoms with van der Waals surface area (Å²) in [5.41, 5.74) is -0.411. The van der Waals surface area contributed by atoms with E-state index in [2.05, 4.69) is 84.6 Å². The number of nitro groups is 3. The van der Waals surface area contributed by atoms with Crippen LogP contribution in [0.25, 0.3) is 0 Å². The molecule has 0 saturated heterocycles.